The van der Waals surface area contributed by atoms with E-state index < -0.39 is 0 Å². The molecular formula is C16H18N4OS. The normalized spacial score (nSPS) is 21.0. The van der Waals surface area contributed by atoms with E-state index >= 15 is 0 Å². The standard InChI is InChI=1S/C16H18N4OS/c21-16(20-7-3-14-12(9-20)4-8-22-14)13-2-6-19(10-13)15-1-5-17-11-18-15/h1,4-5,8,11,13H,2-3,6-7,9-10H2. The average Bonchev–Trinajstić information content (AvgIpc) is 3.23. The third-order valence-electron chi connectivity index (χ3n) is 4.55. The predicted molar refractivity (Wildman–Crippen MR) is 85.8 cm³/mol. The van der Waals surface area contributed by atoms with E-state index in [0.29, 0.717) is 5.91 Å². The number of nitrogens with zero attached hydrogens (tertiary/aromatic N) is 4. The summed E-state index contributed by atoms with van der Waals surface area (Å²) in [5.41, 5.74) is 1.33. The number of hydrogen-bond acceptors (Lipinski definition) is 5. The van der Waals surface area contributed by atoms with Crippen LogP contribution in [-0.4, -0.2) is 40.4 Å². The van der Waals surface area contributed by atoms with Crippen molar-refractivity contribution in [3.05, 3.63) is 40.5 Å². The largest absolute Gasteiger partial charge is 0.356 e. The van der Waals surface area contributed by atoms with Crippen LogP contribution >= 0.6 is 11.3 Å². The van der Waals surface area contributed by atoms with Gasteiger partial charge in [-0.25, -0.2) is 9.97 Å². The summed E-state index contributed by atoms with van der Waals surface area (Å²) in [5, 5.41) is 2.13. The van der Waals surface area contributed by atoms with Crippen molar-refractivity contribution in [2.24, 2.45) is 5.92 Å². The smallest absolute Gasteiger partial charge is 0.227 e. The number of aromatic nitrogens is 2. The summed E-state index contributed by atoms with van der Waals surface area (Å²) >= 11 is 1.81. The molecule has 1 saturated heterocycles. The minimum atomic E-state index is 0.0927. The van der Waals surface area contributed by atoms with E-state index in [1.807, 2.05) is 22.3 Å². The molecule has 0 radical (unpaired) electrons. The highest BCUT2D eigenvalue weighted by molar-refractivity contribution is 7.10. The van der Waals surface area contributed by atoms with E-state index in [-0.39, 0.29) is 5.92 Å². The van der Waals surface area contributed by atoms with Gasteiger partial charge >= 0.3 is 0 Å². The Hall–Kier alpha value is -1.95. The second kappa shape index (κ2) is 5.68. The molecule has 0 saturated carbocycles. The van der Waals surface area contributed by atoms with Gasteiger partial charge in [0.1, 0.15) is 12.1 Å². The van der Waals surface area contributed by atoms with Gasteiger partial charge in [-0.1, -0.05) is 0 Å². The molecule has 1 unspecified atom stereocenters. The maximum absolute atomic E-state index is 12.8. The summed E-state index contributed by atoms with van der Waals surface area (Å²) in [6.45, 7) is 3.30. The fourth-order valence-corrected chi connectivity index (χ4v) is 4.23. The summed E-state index contributed by atoms with van der Waals surface area (Å²) in [6, 6.07) is 4.06. The van der Waals surface area contributed by atoms with Crippen LogP contribution in [0, 0.1) is 5.92 Å². The second-order valence-electron chi connectivity index (χ2n) is 5.88. The third kappa shape index (κ3) is 2.47. The van der Waals surface area contributed by atoms with Crippen molar-refractivity contribution in [1.82, 2.24) is 14.9 Å². The van der Waals surface area contributed by atoms with E-state index in [1.165, 1.54) is 10.4 Å². The van der Waals surface area contributed by atoms with Gasteiger partial charge in [-0.15, -0.1) is 11.3 Å². The molecule has 0 spiro atoms. The SMILES string of the molecule is O=C(C1CCN(c2ccncn2)C1)N1CCc2sccc2C1. The van der Waals surface area contributed by atoms with Gasteiger partial charge in [0, 0.05) is 37.3 Å². The lowest BCUT2D eigenvalue weighted by Gasteiger charge is -2.29. The van der Waals surface area contributed by atoms with Crippen molar-refractivity contribution < 1.29 is 4.79 Å². The van der Waals surface area contributed by atoms with E-state index in [9.17, 15) is 4.79 Å². The first kappa shape index (κ1) is 13.7. The molecule has 2 aliphatic rings. The zero-order valence-electron chi connectivity index (χ0n) is 12.3. The minimum absolute atomic E-state index is 0.0927. The van der Waals surface area contributed by atoms with Gasteiger partial charge in [-0.3, -0.25) is 4.79 Å². The molecule has 2 aliphatic heterocycles. The molecular weight excluding hydrogens is 296 g/mol. The molecule has 4 heterocycles. The Kier molecular flexibility index (Phi) is 3.54. The monoisotopic (exact) mass is 314 g/mol. The van der Waals surface area contributed by atoms with Crippen molar-refractivity contribution in [1.29, 1.82) is 0 Å². The summed E-state index contributed by atoms with van der Waals surface area (Å²) in [7, 11) is 0. The quantitative estimate of drug-likeness (QED) is 0.850. The van der Waals surface area contributed by atoms with Crippen LogP contribution in [0.1, 0.15) is 16.9 Å². The van der Waals surface area contributed by atoms with Crippen molar-refractivity contribution in [2.75, 3.05) is 24.5 Å². The van der Waals surface area contributed by atoms with Crippen molar-refractivity contribution in [3.63, 3.8) is 0 Å². The Labute approximate surface area is 133 Å². The van der Waals surface area contributed by atoms with Crippen LogP contribution < -0.4 is 4.90 Å². The van der Waals surface area contributed by atoms with Crippen LogP contribution in [0.2, 0.25) is 0 Å². The highest BCUT2D eigenvalue weighted by Crippen LogP contribution is 2.28. The Balaban J connectivity index is 1.42. The first-order valence-electron chi connectivity index (χ1n) is 7.66. The molecule has 2 aromatic rings. The van der Waals surface area contributed by atoms with Gasteiger partial charge in [0.25, 0.3) is 0 Å². The predicted octanol–water partition coefficient (Wildman–Crippen LogP) is 1.95. The van der Waals surface area contributed by atoms with Crippen LogP contribution in [-0.2, 0) is 17.8 Å². The van der Waals surface area contributed by atoms with Gasteiger partial charge in [0.05, 0.1) is 5.92 Å². The van der Waals surface area contributed by atoms with Crippen LogP contribution in [0.3, 0.4) is 0 Å². The van der Waals surface area contributed by atoms with Crippen LogP contribution in [0.25, 0.3) is 0 Å². The molecule has 5 nitrogen and oxygen atoms in total. The molecule has 0 bridgehead atoms. The number of anilines is 1. The fourth-order valence-electron chi connectivity index (χ4n) is 3.34. The Morgan fingerprint density at radius 2 is 2.27 bits per heavy atom. The van der Waals surface area contributed by atoms with Gasteiger partial charge < -0.3 is 9.80 Å². The molecule has 22 heavy (non-hydrogen) atoms. The van der Waals surface area contributed by atoms with Crippen LogP contribution in [0.15, 0.2) is 30.0 Å². The number of thiophene rings is 1. The van der Waals surface area contributed by atoms with Crippen molar-refractivity contribution in [2.45, 2.75) is 19.4 Å². The molecule has 2 aromatic heterocycles. The lowest BCUT2D eigenvalue weighted by molar-refractivity contribution is -0.135. The summed E-state index contributed by atoms with van der Waals surface area (Å²) in [4.78, 5) is 26.7. The molecule has 0 aliphatic carbocycles. The Bertz CT molecular complexity index is 672. The van der Waals surface area contributed by atoms with Gasteiger partial charge in [-0.2, -0.15) is 0 Å². The summed E-state index contributed by atoms with van der Waals surface area (Å²) < 4.78 is 0. The number of fused-ring (bicyclic) bond motifs is 1. The highest BCUT2D eigenvalue weighted by atomic mass is 32.1. The molecule has 1 amide bonds. The molecule has 6 heteroatoms. The third-order valence-corrected chi connectivity index (χ3v) is 5.57. The maximum Gasteiger partial charge on any atom is 0.227 e. The number of amides is 1. The van der Waals surface area contributed by atoms with Gasteiger partial charge in [0.15, 0.2) is 0 Å². The van der Waals surface area contributed by atoms with Crippen molar-refractivity contribution >= 4 is 23.1 Å². The molecule has 0 aromatic carbocycles. The van der Waals surface area contributed by atoms with E-state index in [4.69, 9.17) is 0 Å². The first-order valence-corrected chi connectivity index (χ1v) is 8.54. The molecule has 0 N–H and O–H groups in total. The van der Waals surface area contributed by atoms with E-state index in [2.05, 4.69) is 26.3 Å². The average molecular weight is 314 g/mol. The first-order chi connectivity index (χ1) is 10.8. The Morgan fingerprint density at radius 3 is 3.14 bits per heavy atom. The highest BCUT2D eigenvalue weighted by Gasteiger charge is 2.33. The number of hydrogen-bond donors (Lipinski definition) is 0. The topological polar surface area (TPSA) is 49.3 Å². The number of carbonyl (C=O) groups is 1. The van der Waals surface area contributed by atoms with Crippen LogP contribution in [0.5, 0.6) is 0 Å². The van der Waals surface area contributed by atoms with Gasteiger partial charge in [-0.05, 0) is 35.9 Å². The second-order valence-corrected chi connectivity index (χ2v) is 6.88. The zero-order chi connectivity index (χ0) is 14.9. The summed E-state index contributed by atoms with van der Waals surface area (Å²) in [5.74, 6) is 1.31. The minimum Gasteiger partial charge on any atom is -0.356 e. The maximum atomic E-state index is 12.8. The molecule has 1 atom stereocenters. The van der Waals surface area contributed by atoms with Gasteiger partial charge in [0.2, 0.25) is 5.91 Å². The zero-order valence-corrected chi connectivity index (χ0v) is 13.1. The van der Waals surface area contributed by atoms with E-state index in [1.54, 1.807) is 12.5 Å². The molecule has 1 fully saturated rings. The lowest BCUT2D eigenvalue weighted by atomic mass is 10.0. The van der Waals surface area contributed by atoms with Crippen LogP contribution in [0.4, 0.5) is 5.82 Å². The molecule has 4 rings (SSSR count). The van der Waals surface area contributed by atoms with Crippen molar-refractivity contribution in [3.8, 4) is 0 Å². The molecule has 114 valence electrons. The summed E-state index contributed by atoms with van der Waals surface area (Å²) in [6.07, 6.45) is 5.23. The number of rotatable bonds is 2. The Morgan fingerprint density at radius 1 is 1.32 bits per heavy atom. The lowest BCUT2D eigenvalue weighted by Crippen LogP contribution is -2.40. The number of carbonyl (C=O) groups excluding carboxylic acids is 1. The fraction of sp³-hybridized carbons (Fsp3) is 0.438. The van der Waals surface area contributed by atoms with E-state index in [0.717, 1.165) is 44.8 Å².